The van der Waals surface area contributed by atoms with Gasteiger partial charge in [0.25, 0.3) is 0 Å². The molecule has 0 aliphatic carbocycles. The molecule has 0 unspecified atom stereocenters. The number of nitrogens with zero attached hydrogens (tertiary/aromatic N) is 1. The second-order valence-corrected chi connectivity index (χ2v) is 9.49. The van der Waals surface area contributed by atoms with E-state index < -0.39 is 0 Å². The van der Waals surface area contributed by atoms with E-state index >= 15 is 0 Å². The fourth-order valence-corrected chi connectivity index (χ4v) is 5.12. The van der Waals surface area contributed by atoms with E-state index in [0.29, 0.717) is 0 Å². The van der Waals surface area contributed by atoms with Gasteiger partial charge in [-0.15, -0.1) is 0 Å². The van der Waals surface area contributed by atoms with Crippen molar-refractivity contribution in [1.29, 1.82) is 0 Å². The number of para-hydroxylation sites is 2. The van der Waals surface area contributed by atoms with Crippen LogP contribution in [0.4, 0.5) is 17.1 Å². The summed E-state index contributed by atoms with van der Waals surface area (Å²) in [5.41, 5.74) is 9.51. The molecule has 0 aromatic heterocycles. The quantitative estimate of drug-likeness (QED) is 0.211. The summed E-state index contributed by atoms with van der Waals surface area (Å²) in [7, 11) is 0. The molecule has 0 atom stereocenters. The Balaban J connectivity index is 1.47. The van der Waals surface area contributed by atoms with E-state index in [0.717, 1.165) is 17.1 Å². The molecule has 1 nitrogen and oxygen atoms in total. The predicted molar refractivity (Wildman–Crippen MR) is 163 cm³/mol. The molecule has 0 spiro atoms. The van der Waals surface area contributed by atoms with Gasteiger partial charge in [-0.2, -0.15) is 0 Å². The highest BCUT2D eigenvalue weighted by molar-refractivity contribution is 6.00. The molecule has 0 bridgehead atoms. The van der Waals surface area contributed by atoms with E-state index in [1.807, 2.05) is 0 Å². The third-order valence-electron chi connectivity index (χ3n) is 7.02. The lowest BCUT2D eigenvalue weighted by molar-refractivity contribution is 1.28. The topological polar surface area (TPSA) is 3.24 Å². The third kappa shape index (κ3) is 4.75. The van der Waals surface area contributed by atoms with Crippen molar-refractivity contribution in [2.45, 2.75) is 6.92 Å². The maximum absolute atomic E-state index is 2.33. The van der Waals surface area contributed by atoms with Gasteiger partial charge in [-0.05, 0) is 88.0 Å². The summed E-state index contributed by atoms with van der Waals surface area (Å²) in [5, 5.41) is 2.57. The standard InChI is InChI=1S/C37H29N/c1-28-13-11-22-36-31(16-12-21-35(28)36)27-37(29-14-5-2-6-15-29)30-23-25-34(26-24-30)38(32-17-7-3-8-18-32)33-19-9-4-10-20-33/h2-27H,1H3. The van der Waals surface area contributed by atoms with Crippen molar-refractivity contribution in [3.05, 3.63) is 174 Å². The molecule has 0 saturated heterocycles. The Labute approximate surface area is 225 Å². The molecule has 38 heavy (non-hydrogen) atoms. The molecule has 0 N–H and O–H groups in total. The summed E-state index contributed by atoms with van der Waals surface area (Å²) in [6.07, 6.45) is 2.33. The molecule has 0 fully saturated rings. The first-order chi connectivity index (χ1) is 18.8. The largest absolute Gasteiger partial charge is 0.311 e. The van der Waals surface area contributed by atoms with Gasteiger partial charge >= 0.3 is 0 Å². The number of rotatable bonds is 6. The fourth-order valence-electron chi connectivity index (χ4n) is 5.12. The second kappa shape index (κ2) is 10.6. The molecule has 0 heterocycles. The zero-order valence-electron chi connectivity index (χ0n) is 21.5. The van der Waals surface area contributed by atoms with Gasteiger partial charge in [0.1, 0.15) is 0 Å². The SMILES string of the molecule is Cc1cccc2c(C=C(c3ccccc3)c3ccc(N(c4ccccc4)c4ccccc4)cc3)cccc12. The van der Waals surface area contributed by atoms with E-state index in [9.17, 15) is 0 Å². The summed E-state index contributed by atoms with van der Waals surface area (Å²) in [6, 6.07) is 53.8. The zero-order chi connectivity index (χ0) is 25.7. The minimum absolute atomic E-state index is 1.12. The minimum atomic E-state index is 1.12. The molecule has 0 amide bonds. The van der Waals surface area contributed by atoms with Crippen LogP contribution >= 0.6 is 0 Å². The molecule has 1 heteroatoms. The van der Waals surface area contributed by atoms with Gasteiger partial charge < -0.3 is 4.90 Å². The highest BCUT2D eigenvalue weighted by Crippen LogP contribution is 2.36. The highest BCUT2D eigenvalue weighted by atomic mass is 15.1. The maximum atomic E-state index is 2.33. The van der Waals surface area contributed by atoms with Gasteiger partial charge in [0, 0.05) is 17.1 Å². The van der Waals surface area contributed by atoms with Crippen LogP contribution < -0.4 is 4.90 Å². The molecule has 182 valence electrons. The Morgan fingerprint density at radius 2 is 0.947 bits per heavy atom. The van der Waals surface area contributed by atoms with Crippen molar-refractivity contribution < 1.29 is 0 Å². The minimum Gasteiger partial charge on any atom is -0.311 e. The highest BCUT2D eigenvalue weighted by Gasteiger charge is 2.13. The first-order valence-corrected chi connectivity index (χ1v) is 13.0. The van der Waals surface area contributed by atoms with E-state index in [4.69, 9.17) is 0 Å². The molecule has 6 rings (SSSR count). The normalized spacial score (nSPS) is 11.4. The lowest BCUT2D eigenvalue weighted by Gasteiger charge is -2.25. The van der Waals surface area contributed by atoms with Crippen LogP contribution in [0.15, 0.2) is 152 Å². The average molecular weight is 488 g/mol. The summed E-state index contributed by atoms with van der Waals surface area (Å²) in [6.45, 7) is 2.18. The maximum Gasteiger partial charge on any atom is 0.0462 e. The van der Waals surface area contributed by atoms with E-state index in [1.54, 1.807) is 0 Å². The molecular weight excluding hydrogens is 458 g/mol. The fraction of sp³-hybridized carbons (Fsp3) is 0.0270. The smallest absolute Gasteiger partial charge is 0.0462 e. The Morgan fingerprint density at radius 1 is 0.447 bits per heavy atom. The summed E-state index contributed by atoms with van der Waals surface area (Å²) >= 11 is 0. The van der Waals surface area contributed by atoms with Crippen LogP contribution in [0.5, 0.6) is 0 Å². The second-order valence-electron chi connectivity index (χ2n) is 9.49. The summed E-state index contributed by atoms with van der Waals surface area (Å²) in [4.78, 5) is 2.29. The number of benzene rings is 6. The number of hydrogen-bond acceptors (Lipinski definition) is 1. The van der Waals surface area contributed by atoms with Crippen molar-refractivity contribution in [2.75, 3.05) is 4.90 Å². The van der Waals surface area contributed by atoms with Crippen LogP contribution in [0.25, 0.3) is 22.4 Å². The molecular formula is C37H29N. The number of aryl methyl sites for hydroxylation is 1. The number of fused-ring (bicyclic) bond motifs is 1. The molecule has 0 radical (unpaired) electrons. The van der Waals surface area contributed by atoms with Gasteiger partial charge in [-0.25, -0.2) is 0 Å². The van der Waals surface area contributed by atoms with Crippen molar-refractivity contribution in [3.63, 3.8) is 0 Å². The lowest BCUT2D eigenvalue weighted by atomic mass is 9.93. The number of hydrogen-bond donors (Lipinski definition) is 0. The van der Waals surface area contributed by atoms with Crippen LogP contribution in [-0.2, 0) is 0 Å². The third-order valence-corrected chi connectivity index (χ3v) is 7.02. The van der Waals surface area contributed by atoms with Crippen molar-refractivity contribution >= 4 is 39.5 Å². The lowest BCUT2D eigenvalue weighted by Crippen LogP contribution is -2.09. The Kier molecular flexibility index (Phi) is 6.57. The average Bonchev–Trinajstić information content (AvgIpc) is 2.98. The van der Waals surface area contributed by atoms with Crippen molar-refractivity contribution in [2.24, 2.45) is 0 Å². The van der Waals surface area contributed by atoms with Crippen LogP contribution in [0.1, 0.15) is 22.3 Å². The van der Waals surface area contributed by atoms with E-state index in [-0.39, 0.29) is 0 Å². The van der Waals surface area contributed by atoms with Crippen LogP contribution in [0.2, 0.25) is 0 Å². The summed E-state index contributed by atoms with van der Waals surface area (Å²) < 4.78 is 0. The Morgan fingerprint density at radius 3 is 1.58 bits per heavy atom. The van der Waals surface area contributed by atoms with Crippen LogP contribution in [0, 0.1) is 6.92 Å². The monoisotopic (exact) mass is 487 g/mol. The summed E-state index contributed by atoms with van der Waals surface area (Å²) in [5.74, 6) is 0. The van der Waals surface area contributed by atoms with Gasteiger partial charge in [-0.3, -0.25) is 0 Å². The molecule has 6 aromatic rings. The van der Waals surface area contributed by atoms with Crippen molar-refractivity contribution in [1.82, 2.24) is 0 Å². The van der Waals surface area contributed by atoms with Gasteiger partial charge in [0.2, 0.25) is 0 Å². The molecule has 6 aromatic carbocycles. The van der Waals surface area contributed by atoms with Gasteiger partial charge in [-0.1, -0.05) is 115 Å². The Hall–Kier alpha value is -4.88. The molecule has 0 aliphatic heterocycles. The van der Waals surface area contributed by atoms with Crippen LogP contribution in [-0.4, -0.2) is 0 Å². The van der Waals surface area contributed by atoms with Crippen LogP contribution in [0.3, 0.4) is 0 Å². The van der Waals surface area contributed by atoms with E-state index in [2.05, 4.69) is 170 Å². The van der Waals surface area contributed by atoms with Crippen molar-refractivity contribution in [3.8, 4) is 0 Å². The number of anilines is 3. The molecule has 0 aliphatic rings. The van der Waals surface area contributed by atoms with Gasteiger partial charge in [0.15, 0.2) is 0 Å². The Bertz CT molecular complexity index is 1640. The first kappa shape index (κ1) is 23.5. The van der Waals surface area contributed by atoms with Gasteiger partial charge in [0.05, 0.1) is 0 Å². The van der Waals surface area contributed by atoms with E-state index in [1.165, 1.54) is 38.6 Å². The first-order valence-electron chi connectivity index (χ1n) is 13.0. The predicted octanol–water partition coefficient (Wildman–Crippen LogP) is 10.2. The zero-order valence-corrected chi connectivity index (χ0v) is 21.5. The molecule has 0 saturated carbocycles.